The number of hydrogen-bond acceptors (Lipinski definition) is 3. The van der Waals surface area contributed by atoms with Crippen molar-refractivity contribution in [1.82, 2.24) is 5.32 Å². The minimum absolute atomic E-state index is 0.207. The molecule has 0 fully saturated rings. The molecule has 0 unspecified atom stereocenters. The number of hydrogen-bond donors (Lipinski definition) is 1. The van der Waals surface area contributed by atoms with Gasteiger partial charge >= 0.3 is 5.97 Å². The van der Waals surface area contributed by atoms with Crippen molar-refractivity contribution < 1.29 is 9.53 Å². The van der Waals surface area contributed by atoms with Gasteiger partial charge in [0, 0.05) is 13.0 Å². The molecule has 3 heteroatoms. The van der Waals surface area contributed by atoms with E-state index in [2.05, 4.69) is 11.2 Å². The van der Waals surface area contributed by atoms with Gasteiger partial charge in [0.2, 0.25) is 0 Å². The molecule has 0 saturated carbocycles. The lowest BCUT2D eigenvalue weighted by molar-refractivity contribution is -0.139. The zero-order valence-corrected chi connectivity index (χ0v) is 11.4. The molecule has 0 aromatic heterocycles. The van der Waals surface area contributed by atoms with Crippen LogP contribution < -0.4 is 5.32 Å². The summed E-state index contributed by atoms with van der Waals surface area (Å²) in [7, 11) is 1.41. The SMILES string of the molecule is C#CCCCCNCc1ccccc1CC(=O)OC. The van der Waals surface area contributed by atoms with Gasteiger partial charge < -0.3 is 10.1 Å². The van der Waals surface area contributed by atoms with Gasteiger partial charge in [0.15, 0.2) is 0 Å². The molecule has 1 aromatic rings. The van der Waals surface area contributed by atoms with E-state index in [1.54, 1.807) is 0 Å². The van der Waals surface area contributed by atoms with E-state index in [-0.39, 0.29) is 5.97 Å². The summed E-state index contributed by atoms with van der Waals surface area (Å²) in [6.45, 7) is 1.71. The number of benzene rings is 1. The first kappa shape index (κ1) is 15.3. The fourth-order valence-electron chi connectivity index (χ4n) is 1.83. The molecule has 0 heterocycles. The van der Waals surface area contributed by atoms with Crippen molar-refractivity contribution in [1.29, 1.82) is 0 Å². The largest absolute Gasteiger partial charge is 0.469 e. The highest BCUT2D eigenvalue weighted by atomic mass is 16.5. The molecule has 102 valence electrons. The summed E-state index contributed by atoms with van der Waals surface area (Å²) in [6, 6.07) is 7.92. The highest BCUT2D eigenvalue weighted by Gasteiger charge is 2.07. The van der Waals surface area contributed by atoms with Gasteiger partial charge in [-0.3, -0.25) is 4.79 Å². The van der Waals surface area contributed by atoms with Crippen LogP contribution in [0.3, 0.4) is 0 Å². The van der Waals surface area contributed by atoms with Crippen molar-refractivity contribution >= 4 is 5.97 Å². The Hall–Kier alpha value is -1.79. The van der Waals surface area contributed by atoms with Gasteiger partial charge in [-0.2, -0.15) is 0 Å². The third-order valence-corrected chi connectivity index (χ3v) is 2.92. The van der Waals surface area contributed by atoms with E-state index in [0.717, 1.165) is 43.5 Å². The Morgan fingerprint density at radius 1 is 1.32 bits per heavy atom. The molecule has 0 radical (unpaired) electrons. The average molecular weight is 259 g/mol. The summed E-state index contributed by atoms with van der Waals surface area (Å²) in [5, 5.41) is 3.37. The first-order valence-electron chi connectivity index (χ1n) is 6.55. The van der Waals surface area contributed by atoms with Crippen LogP contribution in [0.25, 0.3) is 0 Å². The summed E-state index contributed by atoms with van der Waals surface area (Å²) in [6.07, 6.45) is 8.48. The highest BCUT2D eigenvalue weighted by molar-refractivity contribution is 5.72. The molecule has 0 aliphatic heterocycles. The van der Waals surface area contributed by atoms with E-state index in [9.17, 15) is 4.79 Å². The number of nitrogens with one attached hydrogen (secondary N) is 1. The minimum atomic E-state index is -0.207. The smallest absolute Gasteiger partial charge is 0.309 e. The molecule has 3 nitrogen and oxygen atoms in total. The van der Waals surface area contributed by atoms with Crippen molar-refractivity contribution in [2.75, 3.05) is 13.7 Å². The number of unbranched alkanes of at least 4 members (excludes halogenated alkanes) is 2. The average Bonchev–Trinajstić information content (AvgIpc) is 2.44. The van der Waals surface area contributed by atoms with Crippen LogP contribution in [0.2, 0.25) is 0 Å². The fraction of sp³-hybridized carbons (Fsp3) is 0.438. The molecule has 1 rings (SSSR count). The maximum Gasteiger partial charge on any atom is 0.309 e. The van der Waals surface area contributed by atoms with Crippen LogP contribution in [-0.2, 0) is 22.5 Å². The molecule has 0 saturated heterocycles. The predicted molar refractivity (Wildman–Crippen MR) is 76.6 cm³/mol. The molecule has 0 aliphatic rings. The number of carbonyl (C=O) groups is 1. The van der Waals surface area contributed by atoms with Gasteiger partial charge in [0.1, 0.15) is 0 Å². The van der Waals surface area contributed by atoms with E-state index in [1.807, 2.05) is 24.3 Å². The van der Waals surface area contributed by atoms with Crippen molar-refractivity contribution in [2.24, 2.45) is 0 Å². The van der Waals surface area contributed by atoms with E-state index < -0.39 is 0 Å². The van der Waals surface area contributed by atoms with Crippen molar-refractivity contribution in [2.45, 2.75) is 32.2 Å². The maximum atomic E-state index is 11.3. The van der Waals surface area contributed by atoms with Gasteiger partial charge in [-0.05, 0) is 30.5 Å². The number of carbonyl (C=O) groups excluding carboxylic acids is 1. The minimum Gasteiger partial charge on any atom is -0.469 e. The lowest BCUT2D eigenvalue weighted by atomic mass is 10.0. The van der Waals surface area contributed by atoms with Crippen LogP contribution in [0.1, 0.15) is 30.4 Å². The second-order valence-electron chi connectivity index (χ2n) is 4.36. The first-order valence-corrected chi connectivity index (χ1v) is 6.55. The predicted octanol–water partition coefficient (Wildman–Crippen LogP) is 2.30. The molecule has 0 atom stereocenters. The number of terminal acetylenes is 1. The Morgan fingerprint density at radius 2 is 2.05 bits per heavy atom. The monoisotopic (exact) mass is 259 g/mol. The number of methoxy groups -OCH3 is 1. The topological polar surface area (TPSA) is 38.3 Å². The molecule has 19 heavy (non-hydrogen) atoms. The first-order chi connectivity index (χ1) is 9.27. The van der Waals surface area contributed by atoms with Crippen LogP contribution in [0.5, 0.6) is 0 Å². The Morgan fingerprint density at radius 3 is 2.74 bits per heavy atom. The normalized spacial score (nSPS) is 9.89. The van der Waals surface area contributed by atoms with Gasteiger partial charge in [0.05, 0.1) is 13.5 Å². The van der Waals surface area contributed by atoms with Crippen LogP contribution in [0.15, 0.2) is 24.3 Å². The van der Waals surface area contributed by atoms with Gasteiger partial charge in [0.25, 0.3) is 0 Å². The van der Waals surface area contributed by atoms with E-state index in [1.165, 1.54) is 7.11 Å². The summed E-state index contributed by atoms with van der Waals surface area (Å²) < 4.78 is 4.70. The van der Waals surface area contributed by atoms with Gasteiger partial charge in [-0.25, -0.2) is 0 Å². The Bertz CT molecular complexity index is 435. The standard InChI is InChI=1S/C16H21NO2/c1-3-4-5-8-11-17-13-15-10-7-6-9-14(15)12-16(18)19-2/h1,6-7,9-10,17H,4-5,8,11-13H2,2H3. The van der Waals surface area contributed by atoms with E-state index in [0.29, 0.717) is 6.42 Å². The second kappa shape index (κ2) is 9.18. The molecule has 1 aromatic carbocycles. The number of ether oxygens (including phenoxy) is 1. The third-order valence-electron chi connectivity index (χ3n) is 2.92. The summed E-state index contributed by atoms with van der Waals surface area (Å²) in [4.78, 5) is 11.3. The molecular weight excluding hydrogens is 238 g/mol. The van der Waals surface area contributed by atoms with Crippen LogP contribution in [-0.4, -0.2) is 19.6 Å². The number of rotatable bonds is 8. The molecule has 0 bridgehead atoms. The molecular formula is C16H21NO2. The van der Waals surface area contributed by atoms with E-state index >= 15 is 0 Å². The quantitative estimate of drug-likeness (QED) is 0.442. The fourth-order valence-corrected chi connectivity index (χ4v) is 1.83. The Balaban J connectivity index is 2.40. The maximum absolute atomic E-state index is 11.3. The highest BCUT2D eigenvalue weighted by Crippen LogP contribution is 2.10. The van der Waals surface area contributed by atoms with Crippen molar-refractivity contribution in [3.63, 3.8) is 0 Å². The molecule has 1 N–H and O–H groups in total. The van der Waals surface area contributed by atoms with E-state index in [4.69, 9.17) is 11.2 Å². The summed E-state index contributed by atoms with van der Waals surface area (Å²) in [5.41, 5.74) is 2.16. The van der Waals surface area contributed by atoms with Crippen LogP contribution >= 0.6 is 0 Å². The number of esters is 1. The zero-order valence-electron chi connectivity index (χ0n) is 11.4. The lowest BCUT2D eigenvalue weighted by Gasteiger charge is -2.09. The van der Waals surface area contributed by atoms with Crippen LogP contribution in [0, 0.1) is 12.3 Å². The van der Waals surface area contributed by atoms with Gasteiger partial charge in [-0.1, -0.05) is 24.3 Å². The molecule has 0 amide bonds. The Kier molecular flexibility index (Phi) is 7.38. The van der Waals surface area contributed by atoms with Crippen molar-refractivity contribution in [3.05, 3.63) is 35.4 Å². The second-order valence-corrected chi connectivity index (χ2v) is 4.36. The van der Waals surface area contributed by atoms with Crippen LogP contribution in [0.4, 0.5) is 0 Å². The van der Waals surface area contributed by atoms with Crippen molar-refractivity contribution in [3.8, 4) is 12.3 Å². The molecule has 0 spiro atoms. The summed E-state index contributed by atoms with van der Waals surface area (Å²) >= 11 is 0. The Labute approximate surface area is 115 Å². The lowest BCUT2D eigenvalue weighted by Crippen LogP contribution is -2.17. The van der Waals surface area contributed by atoms with Gasteiger partial charge in [-0.15, -0.1) is 12.3 Å². The zero-order chi connectivity index (χ0) is 13.9. The third kappa shape index (κ3) is 6.08. The summed E-state index contributed by atoms with van der Waals surface area (Å²) in [5.74, 6) is 2.43. The molecule has 0 aliphatic carbocycles.